The van der Waals surface area contributed by atoms with Crippen molar-refractivity contribution in [3.8, 4) is 0 Å². The predicted octanol–water partition coefficient (Wildman–Crippen LogP) is 0.345. The zero-order valence-corrected chi connectivity index (χ0v) is 3.31. The summed E-state index contributed by atoms with van der Waals surface area (Å²) in [4.78, 5) is 0. The van der Waals surface area contributed by atoms with Crippen LogP contribution in [-0.2, 0) is 0 Å². The van der Waals surface area contributed by atoms with Gasteiger partial charge in [-0.3, -0.25) is 0 Å². The van der Waals surface area contributed by atoms with Gasteiger partial charge in [0.1, 0.15) is 6.54 Å². The third-order valence-corrected chi connectivity index (χ3v) is 0.289. The first kappa shape index (κ1) is 6.71. The summed E-state index contributed by atoms with van der Waals surface area (Å²) in [6, 6.07) is 0. The number of hydrogen-bond acceptors (Lipinski definition) is 2. The van der Waals surface area contributed by atoms with Gasteiger partial charge in [0.25, 0.3) is 0 Å². The van der Waals surface area contributed by atoms with Crippen molar-refractivity contribution < 1.29 is 18.5 Å². The van der Waals surface area contributed by atoms with Crippen LogP contribution in [0.5, 0.6) is 0 Å². The van der Waals surface area contributed by atoms with Crippen LogP contribution in [0.1, 0.15) is 0 Å². The molecule has 0 heterocycles. The predicted molar refractivity (Wildman–Crippen MR) is 16.0 cm³/mol. The summed E-state index contributed by atoms with van der Waals surface area (Å²) in [5.41, 5.74) is 0. The second kappa shape index (κ2) is 2.81. The van der Waals surface area contributed by atoms with Gasteiger partial charge in [0.2, 0.25) is 6.36 Å². The van der Waals surface area contributed by atoms with Crippen molar-refractivity contribution in [1.82, 2.24) is 5.34 Å². The summed E-state index contributed by atoms with van der Waals surface area (Å²) < 4.78 is 32.4. The van der Waals surface area contributed by atoms with Gasteiger partial charge in [-0.1, -0.05) is 0 Å². The second-order valence-electron chi connectivity index (χ2n) is 0.920. The Balaban J connectivity index is 2.95. The quantitative estimate of drug-likeness (QED) is 0.525. The summed E-state index contributed by atoms with van der Waals surface area (Å²) in [5, 5.41) is 6.11. The maximum Gasteiger partial charge on any atom is 0.214 e. The summed E-state index contributed by atoms with van der Waals surface area (Å²) in [6.45, 7) is -1.25. The molecule has 5 heteroatoms. The van der Waals surface area contributed by atoms with Gasteiger partial charge >= 0.3 is 0 Å². The van der Waals surface area contributed by atoms with E-state index in [4.69, 9.17) is 5.11 Å². The smallest absolute Gasteiger partial charge is 0.214 e. The largest absolute Gasteiger partial charge is 0.363 e. The maximum atomic E-state index is 11.0. The Bertz CT molecular complexity index is 42.2. The van der Waals surface area contributed by atoms with Crippen LogP contribution in [0.15, 0.2) is 0 Å². The Morgan fingerprint density at radius 3 is 2.00 bits per heavy atom. The van der Waals surface area contributed by atoms with E-state index in [9.17, 15) is 13.4 Å². The molecule has 0 aliphatic carbocycles. The third-order valence-electron chi connectivity index (χ3n) is 0.289. The van der Waals surface area contributed by atoms with Crippen LogP contribution in [0.3, 0.4) is 0 Å². The number of halogens is 3. The van der Waals surface area contributed by atoms with E-state index in [1.165, 1.54) is 0 Å². The molecule has 0 aromatic heterocycles. The number of alkyl halides is 1. The molecule has 0 rings (SSSR count). The molecule has 1 N–H and O–H groups in total. The molecule has 2 nitrogen and oxygen atoms in total. The minimum Gasteiger partial charge on any atom is -0.363 e. The van der Waals surface area contributed by atoms with E-state index >= 15 is 0 Å². The van der Waals surface area contributed by atoms with Gasteiger partial charge in [-0.15, -0.1) is 8.96 Å². The molecule has 0 aromatic rings. The second-order valence-corrected chi connectivity index (χ2v) is 0.920. The fourth-order valence-corrected chi connectivity index (χ4v) is 0.114. The Kier molecular flexibility index (Phi) is 2.70. The topological polar surface area (TPSA) is 23.5 Å². The Hall–Kier alpha value is -0.290. The van der Waals surface area contributed by atoms with Crippen molar-refractivity contribution in [1.29, 1.82) is 0 Å². The van der Waals surface area contributed by atoms with Crippen LogP contribution in [0.4, 0.5) is 13.4 Å². The van der Waals surface area contributed by atoms with Crippen molar-refractivity contribution in [2.75, 3.05) is 6.54 Å². The molecule has 0 aliphatic rings. The fourth-order valence-electron chi connectivity index (χ4n) is 0.114. The van der Waals surface area contributed by atoms with Gasteiger partial charge in [-0.2, -0.15) is 0 Å². The van der Waals surface area contributed by atoms with Crippen LogP contribution in [0.25, 0.3) is 0 Å². The summed E-state index contributed by atoms with van der Waals surface area (Å²) in [7, 11) is 0. The van der Waals surface area contributed by atoms with Crippen molar-refractivity contribution in [3.05, 3.63) is 0 Å². The van der Waals surface area contributed by atoms with Crippen molar-refractivity contribution in [3.63, 3.8) is 0 Å². The van der Waals surface area contributed by atoms with E-state index in [0.717, 1.165) is 0 Å². The van der Waals surface area contributed by atoms with Gasteiger partial charge in [-0.05, 0) is 0 Å². The first-order chi connectivity index (χ1) is 3.13. The fraction of sp³-hybridized carbons (Fsp3) is 1.00. The lowest BCUT2D eigenvalue weighted by molar-refractivity contribution is -0.186. The lowest BCUT2D eigenvalue weighted by Crippen LogP contribution is -2.14. The monoisotopic (exact) mass is 115 g/mol. The summed E-state index contributed by atoms with van der Waals surface area (Å²) in [6.07, 6.45) is -2.45. The molecule has 7 heavy (non-hydrogen) atoms. The third kappa shape index (κ3) is 5.71. The molecular formula is C2H4F3NO. The van der Waals surface area contributed by atoms with Gasteiger partial charge in [0.05, 0.1) is 0 Å². The van der Waals surface area contributed by atoms with Gasteiger partial charge in [0.15, 0.2) is 0 Å². The first-order valence-electron chi connectivity index (χ1n) is 1.54. The Labute approximate surface area is 38.0 Å². The van der Waals surface area contributed by atoms with Gasteiger partial charge < -0.3 is 5.11 Å². The van der Waals surface area contributed by atoms with Crippen LogP contribution in [0.2, 0.25) is 0 Å². The van der Waals surface area contributed by atoms with E-state index in [1.54, 1.807) is 0 Å². The van der Waals surface area contributed by atoms with Crippen molar-refractivity contribution in [2.45, 2.75) is 6.36 Å². The highest BCUT2D eigenvalue weighted by Gasteiger charge is 2.05. The standard InChI is InChI=1S/C2H4F3NO/c3-2(7)1-6(4)5/h2,7H,1H2. The molecule has 0 bridgehead atoms. The van der Waals surface area contributed by atoms with Crippen LogP contribution in [0, 0.1) is 0 Å². The minimum atomic E-state index is -2.45. The number of aliphatic hydroxyl groups is 1. The van der Waals surface area contributed by atoms with E-state index < -0.39 is 18.2 Å². The van der Waals surface area contributed by atoms with Gasteiger partial charge in [-0.25, -0.2) is 4.39 Å². The Morgan fingerprint density at radius 2 is 2.00 bits per heavy atom. The first-order valence-corrected chi connectivity index (χ1v) is 1.54. The molecule has 44 valence electrons. The molecule has 0 fully saturated rings. The molecule has 1 unspecified atom stereocenters. The molecule has 0 saturated heterocycles. The highest BCUT2D eigenvalue weighted by molar-refractivity contribution is 4.31. The van der Waals surface area contributed by atoms with Crippen LogP contribution in [-0.4, -0.2) is 23.4 Å². The number of hydrogen-bond donors (Lipinski definition) is 1. The molecule has 1 atom stereocenters. The van der Waals surface area contributed by atoms with E-state index in [1.807, 2.05) is 0 Å². The molecule has 0 amide bonds. The SMILES string of the molecule is OC(F)CN(F)F. The van der Waals surface area contributed by atoms with Crippen LogP contribution >= 0.6 is 0 Å². The van der Waals surface area contributed by atoms with E-state index in [-0.39, 0.29) is 0 Å². The van der Waals surface area contributed by atoms with E-state index in [0.29, 0.717) is 0 Å². The van der Waals surface area contributed by atoms with Crippen molar-refractivity contribution in [2.24, 2.45) is 0 Å². The lowest BCUT2D eigenvalue weighted by Gasteiger charge is -1.97. The summed E-state index contributed by atoms with van der Waals surface area (Å²) >= 11 is 0. The normalized spacial score (nSPS) is 15.0. The minimum absolute atomic E-state index is 1.25. The number of aliphatic hydroxyl groups excluding tert-OH is 1. The number of nitrogens with zero attached hydrogens (tertiary/aromatic N) is 1. The van der Waals surface area contributed by atoms with Gasteiger partial charge in [0, 0.05) is 5.34 Å². The summed E-state index contributed by atoms with van der Waals surface area (Å²) in [5.74, 6) is 0. The lowest BCUT2D eigenvalue weighted by atomic mass is 10.7. The van der Waals surface area contributed by atoms with Crippen molar-refractivity contribution >= 4 is 0 Å². The molecule has 0 saturated carbocycles. The zero-order valence-electron chi connectivity index (χ0n) is 3.31. The zero-order chi connectivity index (χ0) is 5.86. The number of rotatable bonds is 2. The van der Waals surface area contributed by atoms with Crippen LogP contribution < -0.4 is 0 Å². The molecule has 0 radical (unpaired) electrons. The average Bonchev–Trinajstić information content (AvgIpc) is 1.27. The molecule has 0 aromatic carbocycles. The molecule has 0 aliphatic heterocycles. The maximum absolute atomic E-state index is 11.0. The molecule has 0 spiro atoms. The average molecular weight is 115 g/mol. The highest BCUT2D eigenvalue weighted by Crippen LogP contribution is 1.92. The Morgan fingerprint density at radius 1 is 1.57 bits per heavy atom. The highest BCUT2D eigenvalue weighted by atomic mass is 19.4. The van der Waals surface area contributed by atoms with E-state index in [2.05, 4.69) is 0 Å². The molecular weight excluding hydrogens is 111 g/mol.